The summed E-state index contributed by atoms with van der Waals surface area (Å²) < 4.78 is 28.2. The molecule has 0 saturated heterocycles. The van der Waals surface area contributed by atoms with Crippen LogP contribution in [0.25, 0.3) is 0 Å². The molecule has 0 aliphatic heterocycles. The van der Waals surface area contributed by atoms with Gasteiger partial charge in [0.05, 0.1) is 10.6 Å². The van der Waals surface area contributed by atoms with E-state index in [1.54, 1.807) is 49.4 Å². The van der Waals surface area contributed by atoms with E-state index in [1.165, 1.54) is 17.1 Å². The molecule has 0 spiro atoms. The summed E-state index contributed by atoms with van der Waals surface area (Å²) in [5, 5.41) is 3.63. The molecule has 5 nitrogen and oxygen atoms in total. The number of anilines is 1. The Kier molecular flexibility index (Phi) is 5.82. The van der Waals surface area contributed by atoms with Gasteiger partial charge in [-0.25, -0.2) is 8.42 Å². The lowest BCUT2D eigenvalue weighted by Crippen LogP contribution is -2.46. The summed E-state index contributed by atoms with van der Waals surface area (Å²) >= 11 is 6.08. The Morgan fingerprint density at radius 1 is 1.10 bits per heavy atom. The third-order valence-electron chi connectivity index (χ3n) is 6.41. The first kappa shape index (κ1) is 21.2. The lowest BCUT2D eigenvalue weighted by Gasteiger charge is -2.28. The highest BCUT2D eigenvalue weighted by Crippen LogP contribution is 2.44. The van der Waals surface area contributed by atoms with Gasteiger partial charge in [0.25, 0.3) is 10.0 Å². The fourth-order valence-corrected chi connectivity index (χ4v) is 6.55. The molecule has 2 bridgehead atoms. The maximum Gasteiger partial charge on any atom is 0.264 e. The number of aryl methyl sites for hydroxylation is 2. The molecule has 0 heterocycles. The minimum Gasteiger partial charge on any atom is -0.352 e. The largest absolute Gasteiger partial charge is 0.352 e. The summed E-state index contributed by atoms with van der Waals surface area (Å²) in [6, 6.07) is 11.9. The second kappa shape index (κ2) is 8.23. The fraction of sp³-hybridized carbons (Fsp3) is 0.435. The zero-order valence-corrected chi connectivity index (χ0v) is 18.8. The monoisotopic (exact) mass is 446 g/mol. The fourth-order valence-electron chi connectivity index (χ4n) is 4.84. The van der Waals surface area contributed by atoms with Gasteiger partial charge in [0.1, 0.15) is 6.54 Å². The van der Waals surface area contributed by atoms with Gasteiger partial charge < -0.3 is 5.32 Å². The molecule has 2 aliphatic rings. The SMILES string of the molecule is Cc1ccc(S(=O)(=O)N(CC(=O)N[C@@H]2C[C@@H]3CC[C@H]2C3)c2ccc(Cl)cc2C)cc1. The second-order valence-electron chi connectivity index (χ2n) is 8.60. The van der Waals surface area contributed by atoms with Crippen LogP contribution in [-0.2, 0) is 14.8 Å². The quantitative estimate of drug-likeness (QED) is 0.712. The van der Waals surface area contributed by atoms with Gasteiger partial charge in [-0.05, 0) is 80.8 Å². The molecule has 4 rings (SSSR count). The molecule has 2 aromatic rings. The highest BCUT2D eigenvalue weighted by atomic mass is 35.5. The van der Waals surface area contributed by atoms with E-state index < -0.39 is 10.0 Å². The smallest absolute Gasteiger partial charge is 0.264 e. The Labute approximate surface area is 183 Å². The molecule has 30 heavy (non-hydrogen) atoms. The number of nitrogens with zero attached hydrogens (tertiary/aromatic N) is 1. The van der Waals surface area contributed by atoms with Gasteiger partial charge in [-0.2, -0.15) is 0 Å². The van der Waals surface area contributed by atoms with Crippen molar-refractivity contribution in [2.75, 3.05) is 10.8 Å². The zero-order chi connectivity index (χ0) is 21.5. The van der Waals surface area contributed by atoms with Gasteiger partial charge in [0, 0.05) is 11.1 Å². The molecule has 1 amide bonds. The summed E-state index contributed by atoms with van der Waals surface area (Å²) in [5.74, 6) is 0.960. The van der Waals surface area contributed by atoms with Crippen molar-refractivity contribution in [2.45, 2.75) is 50.5 Å². The third kappa shape index (κ3) is 4.21. The van der Waals surface area contributed by atoms with E-state index in [9.17, 15) is 13.2 Å². The Balaban J connectivity index is 1.63. The Hall–Kier alpha value is -2.05. The number of halogens is 1. The van der Waals surface area contributed by atoms with Gasteiger partial charge in [0.2, 0.25) is 5.91 Å². The maximum atomic E-state index is 13.5. The molecule has 7 heteroatoms. The summed E-state index contributed by atoms with van der Waals surface area (Å²) in [5.41, 5.74) is 2.13. The molecule has 3 atom stereocenters. The number of carbonyl (C=O) groups is 1. The third-order valence-corrected chi connectivity index (χ3v) is 8.42. The molecule has 0 radical (unpaired) electrons. The van der Waals surface area contributed by atoms with Crippen molar-refractivity contribution in [3.8, 4) is 0 Å². The highest BCUT2D eigenvalue weighted by Gasteiger charge is 2.40. The summed E-state index contributed by atoms with van der Waals surface area (Å²) in [4.78, 5) is 13.1. The molecule has 2 saturated carbocycles. The molecule has 1 N–H and O–H groups in total. The van der Waals surface area contributed by atoms with Crippen LogP contribution in [0.4, 0.5) is 5.69 Å². The predicted molar refractivity (Wildman–Crippen MR) is 119 cm³/mol. The van der Waals surface area contributed by atoms with Crippen LogP contribution < -0.4 is 9.62 Å². The number of nitrogens with one attached hydrogen (secondary N) is 1. The predicted octanol–water partition coefficient (Wildman–Crippen LogP) is 4.46. The summed E-state index contributed by atoms with van der Waals surface area (Å²) in [6.45, 7) is 3.44. The maximum absolute atomic E-state index is 13.5. The van der Waals surface area contributed by atoms with E-state index in [0.717, 1.165) is 18.4 Å². The van der Waals surface area contributed by atoms with Crippen LogP contribution in [0, 0.1) is 25.7 Å². The topological polar surface area (TPSA) is 66.5 Å². The normalized spacial score (nSPS) is 22.8. The van der Waals surface area contributed by atoms with Crippen molar-refractivity contribution >= 4 is 33.2 Å². The molecule has 2 aromatic carbocycles. The van der Waals surface area contributed by atoms with Crippen LogP contribution in [0.5, 0.6) is 0 Å². The van der Waals surface area contributed by atoms with Gasteiger partial charge in [0.15, 0.2) is 0 Å². The van der Waals surface area contributed by atoms with Crippen molar-refractivity contribution in [2.24, 2.45) is 11.8 Å². The lowest BCUT2D eigenvalue weighted by atomic mass is 9.95. The number of benzene rings is 2. The standard InChI is InChI=1S/C23H27ClN2O3S/c1-15-3-8-20(9-4-15)30(28,29)26(22-10-7-19(24)11-16(22)2)14-23(27)25-21-13-17-5-6-18(21)12-17/h3-4,7-11,17-18,21H,5-6,12-14H2,1-2H3,(H,25,27)/t17-,18+,21-/m1/s1. The Morgan fingerprint density at radius 3 is 2.43 bits per heavy atom. The molecular weight excluding hydrogens is 420 g/mol. The average molecular weight is 447 g/mol. The summed E-state index contributed by atoms with van der Waals surface area (Å²) in [7, 11) is -3.92. The van der Waals surface area contributed by atoms with Crippen LogP contribution in [0.3, 0.4) is 0 Å². The highest BCUT2D eigenvalue weighted by molar-refractivity contribution is 7.92. The van der Waals surface area contributed by atoms with Crippen molar-refractivity contribution < 1.29 is 13.2 Å². The number of fused-ring (bicyclic) bond motifs is 2. The second-order valence-corrected chi connectivity index (χ2v) is 10.9. The molecule has 2 fully saturated rings. The van der Waals surface area contributed by atoms with Crippen LogP contribution in [0.15, 0.2) is 47.4 Å². The van der Waals surface area contributed by atoms with E-state index >= 15 is 0 Å². The number of rotatable bonds is 6. The number of sulfonamides is 1. The minimum absolute atomic E-state index is 0.159. The first-order chi connectivity index (χ1) is 14.2. The van der Waals surface area contributed by atoms with Gasteiger partial charge in [-0.3, -0.25) is 9.10 Å². The van der Waals surface area contributed by atoms with E-state index in [2.05, 4.69) is 5.32 Å². The van der Waals surface area contributed by atoms with E-state index in [-0.39, 0.29) is 23.4 Å². The number of amides is 1. The summed E-state index contributed by atoms with van der Waals surface area (Å²) in [6.07, 6.45) is 4.57. The first-order valence-electron chi connectivity index (χ1n) is 10.4. The van der Waals surface area contributed by atoms with Crippen molar-refractivity contribution in [3.05, 3.63) is 58.6 Å². The van der Waals surface area contributed by atoms with E-state index in [4.69, 9.17) is 11.6 Å². The average Bonchev–Trinajstić information content (AvgIpc) is 3.30. The van der Waals surface area contributed by atoms with Crippen LogP contribution in [0.1, 0.15) is 36.8 Å². The molecule has 2 aliphatic carbocycles. The van der Waals surface area contributed by atoms with Crippen molar-refractivity contribution in [3.63, 3.8) is 0 Å². The van der Waals surface area contributed by atoms with Crippen molar-refractivity contribution in [1.82, 2.24) is 5.32 Å². The number of carbonyl (C=O) groups excluding carboxylic acids is 1. The molecular formula is C23H27ClN2O3S. The lowest BCUT2D eigenvalue weighted by molar-refractivity contribution is -0.120. The number of hydrogen-bond donors (Lipinski definition) is 1. The van der Waals surface area contributed by atoms with Gasteiger partial charge in [-0.15, -0.1) is 0 Å². The van der Waals surface area contributed by atoms with Crippen LogP contribution in [0.2, 0.25) is 5.02 Å². The van der Waals surface area contributed by atoms with E-state index in [0.29, 0.717) is 28.1 Å². The Bertz CT molecular complexity index is 1050. The minimum atomic E-state index is -3.92. The van der Waals surface area contributed by atoms with Crippen LogP contribution in [-0.4, -0.2) is 26.9 Å². The molecule has 0 unspecified atom stereocenters. The Morgan fingerprint density at radius 2 is 1.83 bits per heavy atom. The number of hydrogen-bond acceptors (Lipinski definition) is 3. The molecule has 160 valence electrons. The van der Waals surface area contributed by atoms with Gasteiger partial charge in [-0.1, -0.05) is 35.7 Å². The first-order valence-corrected chi connectivity index (χ1v) is 12.2. The zero-order valence-electron chi connectivity index (χ0n) is 17.3. The van der Waals surface area contributed by atoms with Gasteiger partial charge >= 0.3 is 0 Å². The molecule has 0 aromatic heterocycles. The van der Waals surface area contributed by atoms with Crippen LogP contribution >= 0.6 is 11.6 Å². The van der Waals surface area contributed by atoms with E-state index in [1.807, 2.05) is 6.92 Å². The van der Waals surface area contributed by atoms with Crippen molar-refractivity contribution in [1.29, 1.82) is 0 Å².